The number of rotatable bonds is 3. The summed E-state index contributed by atoms with van der Waals surface area (Å²) in [5.74, 6) is 0.666. The van der Waals surface area contributed by atoms with E-state index in [0.29, 0.717) is 12.0 Å². The maximum atomic E-state index is 3.47. The first-order chi connectivity index (χ1) is 6.09. The Morgan fingerprint density at radius 1 is 1.08 bits per heavy atom. The van der Waals surface area contributed by atoms with Crippen molar-refractivity contribution in [1.82, 2.24) is 0 Å². The van der Waals surface area contributed by atoms with E-state index in [4.69, 9.17) is 0 Å². The van der Waals surface area contributed by atoms with Crippen molar-refractivity contribution in [3.8, 4) is 0 Å². The fourth-order valence-corrected chi connectivity index (χ4v) is 1.34. The number of halogens is 1. The van der Waals surface area contributed by atoms with Gasteiger partial charge < -0.3 is 5.32 Å². The van der Waals surface area contributed by atoms with Crippen LogP contribution in [0.25, 0.3) is 0 Å². The van der Waals surface area contributed by atoms with E-state index in [-0.39, 0.29) is 0 Å². The van der Waals surface area contributed by atoms with Gasteiger partial charge in [0.05, 0.1) is 0 Å². The Balaban J connectivity index is 2.59. The molecule has 0 aromatic heterocycles. The van der Waals surface area contributed by atoms with Crippen molar-refractivity contribution in [2.75, 3.05) is 5.32 Å². The fraction of sp³-hybridized carbons (Fsp3) is 0.455. The maximum absolute atomic E-state index is 3.47. The van der Waals surface area contributed by atoms with Crippen LogP contribution in [0.15, 0.2) is 24.3 Å². The van der Waals surface area contributed by atoms with Gasteiger partial charge in [-0.3, -0.25) is 0 Å². The number of hydrogen-bond acceptors (Lipinski definition) is 1. The molecule has 0 saturated heterocycles. The number of benzene rings is 1. The van der Waals surface area contributed by atoms with Crippen LogP contribution in [0.1, 0.15) is 20.8 Å². The molecular weight excluding hydrogens is 273 g/mol. The Labute approximate surface area is 94.1 Å². The quantitative estimate of drug-likeness (QED) is 0.836. The highest BCUT2D eigenvalue weighted by Gasteiger charge is 2.05. The molecule has 1 nitrogen and oxygen atoms in total. The van der Waals surface area contributed by atoms with Crippen LogP contribution in [-0.2, 0) is 0 Å². The molecule has 1 unspecified atom stereocenters. The molecule has 0 aliphatic rings. The summed E-state index contributed by atoms with van der Waals surface area (Å²) in [4.78, 5) is 0. The largest absolute Gasteiger partial charge is 0.382 e. The minimum atomic E-state index is 0.528. The smallest absolute Gasteiger partial charge is 0.0343 e. The molecule has 1 atom stereocenters. The third kappa shape index (κ3) is 3.55. The van der Waals surface area contributed by atoms with Gasteiger partial charge in [0, 0.05) is 15.3 Å². The molecule has 2 heteroatoms. The molecule has 0 spiro atoms. The summed E-state index contributed by atoms with van der Waals surface area (Å²) >= 11 is 2.32. The van der Waals surface area contributed by atoms with Crippen LogP contribution in [0, 0.1) is 9.49 Å². The second kappa shape index (κ2) is 4.84. The maximum Gasteiger partial charge on any atom is 0.0343 e. The van der Waals surface area contributed by atoms with Crippen molar-refractivity contribution in [3.63, 3.8) is 0 Å². The van der Waals surface area contributed by atoms with E-state index in [2.05, 4.69) is 72.9 Å². The molecule has 1 N–H and O–H groups in total. The molecule has 1 aromatic carbocycles. The molecule has 0 aliphatic carbocycles. The summed E-state index contributed by atoms with van der Waals surface area (Å²) in [5, 5.41) is 3.47. The predicted molar refractivity (Wildman–Crippen MR) is 67.1 cm³/mol. The number of anilines is 1. The second-order valence-corrected chi connectivity index (χ2v) is 4.93. The highest BCUT2D eigenvalue weighted by Crippen LogP contribution is 2.14. The highest BCUT2D eigenvalue weighted by atomic mass is 127. The molecule has 0 fully saturated rings. The first-order valence-electron chi connectivity index (χ1n) is 4.61. The van der Waals surface area contributed by atoms with Gasteiger partial charge in [-0.1, -0.05) is 13.8 Å². The lowest BCUT2D eigenvalue weighted by atomic mass is 10.1. The second-order valence-electron chi connectivity index (χ2n) is 3.68. The van der Waals surface area contributed by atoms with E-state index in [1.165, 1.54) is 9.26 Å². The summed E-state index contributed by atoms with van der Waals surface area (Å²) in [6.07, 6.45) is 0. The van der Waals surface area contributed by atoms with Gasteiger partial charge in [0.1, 0.15) is 0 Å². The SMILES string of the molecule is CC(C)C(C)Nc1ccc(I)cc1. The Kier molecular flexibility index (Phi) is 4.03. The van der Waals surface area contributed by atoms with Crippen LogP contribution in [-0.4, -0.2) is 6.04 Å². The van der Waals surface area contributed by atoms with Crippen LogP contribution < -0.4 is 5.32 Å². The lowest BCUT2D eigenvalue weighted by Crippen LogP contribution is -2.21. The summed E-state index contributed by atoms with van der Waals surface area (Å²) in [7, 11) is 0. The first kappa shape index (κ1) is 10.8. The van der Waals surface area contributed by atoms with Gasteiger partial charge in [0.25, 0.3) is 0 Å². The van der Waals surface area contributed by atoms with E-state index < -0.39 is 0 Å². The average Bonchev–Trinajstić information content (AvgIpc) is 2.08. The van der Waals surface area contributed by atoms with Crippen LogP contribution in [0.4, 0.5) is 5.69 Å². The predicted octanol–water partition coefficient (Wildman–Crippen LogP) is 3.75. The zero-order valence-corrected chi connectivity index (χ0v) is 10.5. The molecule has 1 rings (SSSR count). The summed E-state index contributed by atoms with van der Waals surface area (Å²) in [6, 6.07) is 9.02. The van der Waals surface area contributed by atoms with Crippen LogP contribution in [0.3, 0.4) is 0 Å². The molecule has 0 heterocycles. The zero-order valence-electron chi connectivity index (χ0n) is 8.34. The molecule has 0 aliphatic heterocycles. The summed E-state index contributed by atoms with van der Waals surface area (Å²) in [6.45, 7) is 6.66. The third-order valence-corrected chi connectivity index (χ3v) is 2.96. The molecule has 0 bridgehead atoms. The van der Waals surface area contributed by atoms with Crippen molar-refractivity contribution < 1.29 is 0 Å². The van der Waals surface area contributed by atoms with Gasteiger partial charge in [0.2, 0.25) is 0 Å². The highest BCUT2D eigenvalue weighted by molar-refractivity contribution is 14.1. The molecule has 0 radical (unpaired) electrons. The van der Waals surface area contributed by atoms with Crippen LogP contribution in [0.2, 0.25) is 0 Å². The minimum absolute atomic E-state index is 0.528. The number of hydrogen-bond donors (Lipinski definition) is 1. The van der Waals surface area contributed by atoms with Crippen LogP contribution >= 0.6 is 22.6 Å². The lowest BCUT2D eigenvalue weighted by molar-refractivity contribution is 0.560. The summed E-state index contributed by atoms with van der Waals surface area (Å²) in [5.41, 5.74) is 1.21. The third-order valence-electron chi connectivity index (χ3n) is 2.24. The molecule has 1 aromatic rings. The Morgan fingerprint density at radius 2 is 1.62 bits per heavy atom. The molecule has 72 valence electrons. The van der Waals surface area contributed by atoms with Gasteiger partial charge in [0.15, 0.2) is 0 Å². The van der Waals surface area contributed by atoms with Gasteiger partial charge in [-0.15, -0.1) is 0 Å². The van der Waals surface area contributed by atoms with Crippen molar-refractivity contribution in [1.29, 1.82) is 0 Å². The van der Waals surface area contributed by atoms with Crippen molar-refractivity contribution in [2.45, 2.75) is 26.8 Å². The first-order valence-corrected chi connectivity index (χ1v) is 5.69. The summed E-state index contributed by atoms with van der Waals surface area (Å²) < 4.78 is 1.28. The Bertz CT molecular complexity index is 253. The van der Waals surface area contributed by atoms with E-state index >= 15 is 0 Å². The zero-order chi connectivity index (χ0) is 9.84. The monoisotopic (exact) mass is 289 g/mol. The van der Waals surface area contributed by atoms with Gasteiger partial charge >= 0.3 is 0 Å². The van der Waals surface area contributed by atoms with Gasteiger partial charge in [-0.05, 0) is 59.7 Å². The topological polar surface area (TPSA) is 12.0 Å². The van der Waals surface area contributed by atoms with E-state index in [1.54, 1.807) is 0 Å². The number of nitrogens with one attached hydrogen (secondary N) is 1. The molecular formula is C11H16IN. The van der Waals surface area contributed by atoms with Crippen molar-refractivity contribution in [3.05, 3.63) is 27.8 Å². The van der Waals surface area contributed by atoms with Gasteiger partial charge in [-0.25, -0.2) is 0 Å². The van der Waals surface area contributed by atoms with E-state index in [9.17, 15) is 0 Å². The molecule has 0 saturated carbocycles. The Hall–Kier alpha value is -0.250. The molecule has 0 amide bonds. The normalized spacial score (nSPS) is 13.0. The average molecular weight is 289 g/mol. The molecule has 13 heavy (non-hydrogen) atoms. The van der Waals surface area contributed by atoms with Crippen LogP contribution in [0.5, 0.6) is 0 Å². The fourth-order valence-electron chi connectivity index (χ4n) is 0.976. The minimum Gasteiger partial charge on any atom is -0.382 e. The van der Waals surface area contributed by atoms with E-state index in [0.717, 1.165) is 0 Å². The van der Waals surface area contributed by atoms with E-state index in [1.807, 2.05) is 0 Å². The van der Waals surface area contributed by atoms with Crippen molar-refractivity contribution >= 4 is 28.3 Å². The lowest BCUT2D eigenvalue weighted by Gasteiger charge is -2.18. The van der Waals surface area contributed by atoms with Gasteiger partial charge in [-0.2, -0.15) is 0 Å². The van der Waals surface area contributed by atoms with Crippen molar-refractivity contribution in [2.24, 2.45) is 5.92 Å². The Morgan fingerprint density at radius 3 is 2.08 bits per heavy atom. The standard InChI is InChI=1S/C11H16IN/c1-8(2)9(3)13-11-6-4-10(12)5-7-11/h4-9,13H,1-3H3.